The van der Waals surface area contributed by atoms with Gasteiger partial charge in [-0.25, -0.2) is 4.98 Å². The lowest BCUT2D eigenvalue weighted by Crippen LogP contribution is -2.59. The first-order chi connectivity index (χ1) is 27.0. The van der Waals surface area contributed by atoms with Crippen LogP contribution >= 0.6 is 11.3 Å². The Morgan fingerprint density at radius 3 is 2.47 bits per heavy atom. The number of hydrogen-bond donors (Lipinski definition) is 4. The number of esters is 2. The number of hydrogen-bond acceptors (Lipinski definition) is 12. The molecule has 0 saturated carbocycles. The average Bonchev–Trinajstić information content (AvgIpc) is 3.66. The molecule has 1 aliphatic heterocycles. The molecule has 1 aromatic heterocycles. The summed E-state index contributed by atoms with van der Waals surface area (Å²) in [5.41, 5.74) is 1.27. The molecule has 0 unspecified atom stereocenters. The topological polar surface area (TPSA) is 205 Å². The first kappa shape index (κ1) is 45.1. The van der Waals surface area contributed by atoms with Gasteiger partial charge in [0.15, 0.2) is 12.8 Å². The second kappa shape index (κ2) is 20.7. The van der Waals surface area contributed by atoms with Crippen molar-refractivity contribution in [2.24, 2.45) is 11.8 Å². The molecule has 7 atom stereocenters. The minimum absolute atomic E-state index is 0.0330. The summed E-state index contributed by atoms with van der Waals surface area (Å²) >= 11 is 1.10. The predicted molar refractivity (Wildman–Crippen MR) is 212 cm³/mol. The van der Waals surface area contributed by atoms with E-state index >= 15 is 0 Å². The highest BCUT2D eigenvalue weighted by molar-refractivity contribution is 7.09. The number of carboxylic acids is 1. The van der Waals surface area contributed by atoms with Crippen molar-refractivity contribution in [2.45, 2.75) is 136 Å². The number of aliphatic carboxylic acids is 1. The van der Waals surface area contributed by atoms with E-state index in [1.807, 2.05) is 46.6 Å². The van der Waals surface area contributed by atoms with Crippen LogP contribution in [0.15, 0.2) is 23.6 Å². The van der Waals surface area contributed by atoms with Gasteiger partial charge in [-0.3, -0.25) is 33.7 Å². The summed E-state index contributed by atoms with van der Waals surface area (Å²) < 4.78 is 11.4. The van der Waals surface area contributed by atoms with Crippen LogP contribution in [0.3, 0.4) is 0 Å². The number of phenolic OH excluding ortho intramolecular Hbond substituents is 1. The maximum atomic E-state index is 14.7. The van der Waals surface area contributed by atoms with Gasteiger partial charge in [-0.2, -0.15) is 0 Å². The zero-order chi connectivity index (χ0) is 42.0. The van der Waals surface area contributed by atoms with Crippen molar-refractivity contribution in [1.29, 1.82) is 0 Å². The fourth-order valence-electron chi connectivity index (χ4n) is 7.63. The van der Waals surface area contributed by atoms with Gasteiger partial charge in [-0.05, 0) is 80.8 Å². The van der Waals surface area contributed by atoms with Crippen LogP contribution in [0, 0.1) is 11.8 Å². The maximum absolute atomic E-state index is 14.7. The van der Waals surface area contributed by atoms with E-state index in [1.165, 1.54) is 29.3 Å². The molecule has 0 bridgehead atoms. The van der Waals surface area contributed by atoms with E-state index in [1.54, 1.807) is 6.07 Å². The number of fused-ring (bicyclic) bond motifs is 1. The first-order valence-corrected chi connectivity index (χ1v) is 20.9. The molecule has 2 heterocycles. The SMILES string of the molecule is CCCC(=O)OCN(C(=O)[C@@H](NC(=O)[C@H]1CCCCN1C)[C@@H](C)CC)[C@H](C[C@@H](OC(C)=O)c1nc(C(=O)N[C@H]2Cc3ccc(O)cc3[C@H](C(=O)O)C2)cs1)C(C)C. The number of rotatable bonds is 18. The zero-order valence-corrected chi connectivity index (χ0v) is 34.9. The van der Waals surface area contributed by atoms with Gasteiger partial charge in [0.25, 0.3) is 5.91 Å². The Morgan fingerprint density at radius 2 is 1.84 bits per heavy atom. The minimum Gasteiger partial charge on any atom is -0.508 e. The van der Waals surface area contributed by atoms with Crippen LogP contribution in [0.4, 0.5) is 0 Å². The third-order valence-electron chi connectivity index (χ3n) is 11.0. The van der Waals surface area contributed by atoms with E-state index in [0.717, 1.165) is 30.7 Å². The van der Waals surface area contributed by atoms with Crippen molar-refractivity contribution < 1.29 is 48.5 Å². The van der Waals surface area contributed by atoms with Crippen LogP contribution in [0.1, 0.15) is 132 Å². The first-order valence-electron chi connectivity index (χ1n) is 20.0. The summed E-state index contributed by atoms with van der Waals surface area (Å²) in [6.07, 6.45) is 3.38. The molecule has 0 radical (unpaired) electrons. The number of likely N-dealkylation sites (tertiary alicyclic amines) is 1. The molecule has 4 N–H and O–H groups in total. The number of ether oxygens (including phenoxy) is 2. The molecule has 2 aliphatic rings. The van der Waals surface area contributed by atoms with Crippen LogP contribution in [-0.2, 0) is 39.9 Å². The molecule has 314 valence electrons. The standard InChI is InChI=1S/C41H59N5O10S/c1-8-12-35(49)55-22-46(40(52)36(24(5)9-2)44-38(51)32-13-10-11-16-45(32)7)33(23(3)4)20-34(56-25(6)47)39-43-31(21-57-39)37(50)42-27-17-26-14-15-28(48)19-29(26)30(18-27)41(53)54/h14-15,19,21,23-24,27,30,32-34,36,48H,8-13,16-18,20,22H2,1-7H3,(H,42,50)(H,44,51)(H,53,54)/t24-,27-,30+,32+,33+,34+,36-/m0/s1. The Labute approximate surface area is 338 Å². The van der Waals surface area contributed by atoms with Crippen molar-refractivity contribution in [3.8, 4) is 5.75 Å². The number of aromatic hydroxyl groups is 1. The average molecular weight is 814 g/mol. The number of carbonyl (C=O) groups is 6. The molecule has 0 spiro atoms. The lowest BCUT2D eigenvalue weighted by atomic mass is 9.80. The number of thiazole rings is 1. The van der Waals surface area contributed by atoms with Crippen LogP contribution < -0.4 is 10.6 Å². The Morgan fingerprint density at radius 1 is 1.11 bits per heavy atom. The molecule has 57 heavy (non-hydrogen) atoms. The van der Waals surface area contributed by atoms with Gasteiger partial charge in [0.1, 0.15) is 22.5 Å². The molecule has 4 rings (SSSR count). The highest BCUT2D eigenvalue weighted by Gasteiger charge is 2.40. The summed E-state index contributed by atoms with van der Waals surface area (Å²) in [4.78, 5) is 87.3. The fourth-order valence-corrected chi connectivity index (χ4v) is 8.47. The van der Waals surface area contributed by atoms with E-state index in [-0.39, 0.29) is 61.2 Å². The Bertz CT molecular complexity index is 1750. The second-order valence-corrected chi connectivity index (χ2v) is 16.6. The van der Waals surface area contributed by atoms with E-state index in [4.69, 9.17) is 9.47 Å². The van der Waals surface area contributed by atoms with Gasteiger partial charge in [0, 0.05) is 37.2 Å². The number of aromatic nitrogens is 1. The van der Waals surface area contributed by atoms with Gasteiger partial charge in [0.2, 0.25) is 11.8 Å². The van der Waals surface area contributed by atoms with Crippen LogP contribution in [0.2, 0.25) is 0 Å². The highest BCUT2D eigenvalue weighted by atomic mass is 32.1. The fraction of sp³-hybridized carbons (Fsp3) is 0.634. The summed E-state index contributed by atoms with van der Waals surface area (Å²) in [7, 11) is 1.90. The molecule has 3 amide bonds. The number of nitrogens with one attached hydrogen (secondary N) is 2. The van der Waals surface area contributed by atoms with Crippen LogP contribution in [-0.4, -0.2) is 105 Å². The molecule has 1 fully saturated rings. The van der Waals surface area contributed by atoms with Crippen molar-refractivity contribution in [3.63, 3.8) is 0 Å². The van der Waals surface area contributed by atoms with Crippen molar-refractivity contribution in [2.75, 3.05) is 20.3 Å². The number of piperidine rings is 1. The molecule has 1 aliphatic carbocycles. The maximum Gasteiger partial charge on any atom is 0.311 e. The number of amides is 3. The van der Waals surface area contributed by atoms with Crippen LogP contribution in [0.5, 0.6) is 5.75 Å². The predicted octanol–water partition coefficient (Wildman–Crippen LogP) is 4.93. The van der Waals surface area contributed by atoms with Crippen LogP contribution in [0.25, 0.3) is 0 Å². The molecule has 15 nitrogen and oxygen atoms in total. The summed E-state index contributed by atoms with van der Waals surface area (Å²) in [5, 5.41) is 27.6. The zero-order valence-electron chi connectivity index (χ0n) is 34.1. The molecule has 2 aromatic rings. The summed E-state index contributed by atoms with van der Waals surface area (Å²) in [6, 6.07) is 2.08. The third kappa shape index (κ3) is 12.0. The molecule has 1 saturated heterocycles. The smallest absolute Gasteiger partial charge is 0.311 e. The second-order valence-electron chi connectivity index (χ2n) is 15.7. The number of benzene rings is 1. The number of carbonyl (C=O) groups excluding carboxylic acids is 5. The van der Waals surface area contributed by atoms with E-state index in [9.17, 15) is 39.0 Å². The molecular weight excluding hydrogens is 755 g/mol. The monoisotopic (exact) mass is 813 g/mol. The Balaban J connectivity index is 1.60. The number of carboxylic acid groups (broad SMARTS) is 1. The van der Waals surface area contributed by atoms with E-state index < -0.39 is 59.9 Å². The van der Waals surface area contributed by atoms with Crippen molar-refractivity contribution in [1.82, 2.24) is 25.4 Å². The molecular formula is C41H59N5O10S. The third-order valence-corrected chi connectivity index (χ3v) is 12.0. The number of phenols is 1. The van der Waals surface area contributed by atoms with Gasteiger partial charge >= 0.3 is 17.9 Å². The van der Waals surface area contributed by atoms with Gasteiger partial charge in [-0.1, -0.05) is 53.5 Å². The van der Waals surface area contributed by atoms with E-state index in [2.05, 4.69) is 15.6 Å². The van der Waals surface area contributed by atoms with Crippen molar-refractivity contribution >= 4 is 47.0 Å². The largest absolute Gasteiger partial charge is 0.508 e. The van der Waals surface area contributed by atoms with Crippen molar-refractivity contribution in [3.05, 3.63) is 45.4 Å². The minimum atomic E-state index is -1.07. The number of likely N-dealkylation sites (N-methyl/N-ethyl adjacent to an activating group) is 1. The lowest BCUT2D eigenvalue weighted by molar-refractivity contribution is -0.160. The van der Waals surface area contributed by atoms with Gasteiger partial charge < -0.3 is 35.2 Å². The molecule has 1 aromatic carbocycles. The molecule has 16 heteroatoms. The Hall–Kier alpha value is -4.57. The Kier molecular flexibility index (Phi) is 16.4. The van der Waals surface area contributed by atoms with Gasteiger partial charge in [0.05, 0.1) is 12.0 Å². The quantitative estimate of drug-likeness (QED) is 0.117. The lowest BCUT2D eigenvalue weighted by Gasteiger charge is -2.39. The summed E-state index contributed by atoms with van der Waals surface area (Å²) in [6.45, 7) is 11.1. The van der Waals surface area contributed by atoms with Gasteiger partial charge in [-0.15, -0.1) is 11.3 Å². The summed E-state index contributed by atoms with van der Waals surface area (Å²) in [5.74, 6) is -4.83. The highest BCUT2D eigenvalue weighted by Crippen LogP contribution is 2.35. The van der Waals surface area contributed by atoms with E-state index in [0.29, 0.717) is 41.8 Å². The normalized spacial score (nSPS) is 20.3. The number of nitrogens with zero attached hydrogens (tertiary/aromatic N) is 3.